The van der Waals surface area contributed by atoms with Gasteiger partial charge in [0.1, 0.15) is 22.3 Å². The van der Waals surface area contributed by atoms with Gasteiger partial charge in [-0.15, -0.1) is 21.5 Å². The van der Waals surface area contributed by atoms with Crippen molar-refractivity contribution in [2.45, 2.75) is 10.1 Å². The summed E-state index contributed by atoms with van der Waals surface area (Å²) in [7, 11) is 4.93. The van der Waals surface area contributed by atoms with Crippen LogP contribution in [0.4, 0.5) is 10.8 Å². The zero-order valence-electron chi connectivity index (χ0n) is 17.1. The second-order valence-electron chi connectivity index (χ2n) is 6.23. The van der Waals surface area contributed by atoms with Crippen LogP contribution in [-0.2, 0) is 5.75 Å². The Balaban J connectivity index is 1.38. The van der Waals surface area contributed by atoms with Crippen LogP contribution in [0.3, 0.4) is 0 Å². The largest absolute Gasteiger partial charge is 0.497 e. The maximum absolute atomic E-state index is 5.50. The van der Waals surface area contributed by atoms with E-state index in [0.717, 1.165) is 48.7 Å². The van der Waals surface area contributed by atoms with Crippen LogP contribution in [0.1, 0.15) is 5.69 Å². The van der Waals surface area contributed by atoms with Crippen LogP contribution in [0, 0.1) is 0 Å². The fourth-order valence-corrected chi connectivity index (χ4v) is 5.34. The van der Waals surface area contributed by atoms with Crippen molar-refractivity contribution in [3.05, 3.63) is 53.5 Å². The first-order valence-electron chi connectivity index (χ1n) is 9.22. The molecule has 4 aromatic rings. The topological polar surface area (TPSA) is 78.4 Å². The van der Waals surface area contributed by atoms with Crippen LogP contribution < -0.4 is 19.5 Å². The predicted molar refractivity (Wildman–Crippen MR) is 126 cm³/mol. The summed E-state index contributed by atoms with van der Waals surface area (Å²) < 4.78 is 16.8. The van der Waals surface area contributed by atoms with Crippen LogP contribution in [0.25, 0.3) is 10.6 Å². The van der Waals surface area contributed by atoms with Gasteiger partial charge in [0.2, 0.25) is 5.13 Å². The first-order valence-corrected chi connectivity index (χ1v) is 11.9. The van der Waals surface area contributed by atoms with E-state index < -0.39 is 0 Å². The van der Waals surface area contributed by atoms with Crippen molar-refractivity contribution in [2.24, 2.45) is 0 Å². The zero-order chi connectivity index (χ0) is 21.6. The molecule has 2 aromatic carbocycles. The second-order valence-corrected chi connectivity index (χ2v) is 9.28. The zero-order valence-corrected chi connectivity index (χ0v) is 19.6. The monoisotopic (exact) mass is 472 g/mol. The number of rotatable bonds is 9. The average molecular weight is 473 g/mol. The number of nitrogens with one attached hydrogen (secondary N) is 1. The molecule has 0 aliphatic heterocycles. The van der Waals surface area contributed by atoms with Gasteiger partial charge in [-0.3, -0.25) is 0 Å². The lowest BCUT2D eigenvalue weighted by molar-refractivity contribution is 0.395. The number of nitrogens with zero attached hydrogens (tertiary/aromatic N) is 3. The molecule has 0 fully saturated rings. The van der Waals surface area contributed by atoms with Gasteiger partial charge >= 0.3 is 0 Å². The molecule has 0 amide bonds. The highest BCUT2D eigenvalue weighted by Crippen LogP contribution is 2.36. The van der Waals surface area contributed by atoms with Crippen LogP contribution >= 0.6 is 34.4 Å². The van der Waals surface area contributed by atoms with Crippen molar-refractivity contribution in [1.29, 1.82) is 0 Å². The van der Waals surface area contributed by atoms with E-state index in [4.69, 9.17) is 19.2 Å². The average Bonchev–Trinajstić information content (AvgIpc) is 3.47. The van der Waals surface area contributed by atoms with Gasteiger partial charge in [0, 0.05) is 22.9 Å². The number of anilines is 2. The maximum atomic E-state index is 5.50. The summed E-state index contributed by atoms with van der Waals surface area (Å²) in [5.74, 6) is 3.02. The molecule has 160 valence electrons. The van der Waals surface area contributed by atoms with E-state index in [2.05, 4.69) is 20.9 Å². The molecule has 7 nitrogen and oxygen atoms in total. The quantitative estimate of drug-likeness (QED) is 0.310. The van der Waals surface area contributed by atoms with Crippen molar-refractivity contribution in [3.63, 3.8) is 0 Å². The normalized spacial score (nSPS) is 10.7. The van der Waals surface area contributed by atoms with Gasteiger partial charge in [0.15, 0.2) is 4.34 Å². The van der Waals surface area contributed by atoms with Gasteiger partial charge in [-0.05, 0) is 36.4 Å². The summed E-state index contributed by atoms with van der Waals surface area (Å²) in [6, 6.07) is 13.4. The van der Waals surface area contributed by atoms with Crippen molar-refractivity contribution in [1.82, 2.24) is 15.2 Å². The van der Waals surface area contributed by atoms with Crippen molar-refractivity contribution < 1.29 is 14.2 Å². The number of hydrogen-bond donors (Lipinski definition) is 1. The number of hydrogen-bond acceptors (Lipinski definition) is 10. The molecule has 31 heavy (non-hydrogen) atoms. The Bertz CT molecular complexity index is 1140. The Morgan fingerprint density at radius 1 is 0.935 bits per heavy atom. The molecule has 0 atom stereocenters. The molecule has 0 saturated heterocycles. The third-order valence-corrected chi connectivity index (χ3v) is 7.21. The minimum atomic E-state index is 0.714. The molecule has 2 heterocycles. The number of methoxy groups -OCH3 is 3. The molecule has 0 radical (unpaired) electrons. The molecule has 1 N–H and O–H groups in total. The molecule has 0 bridgehead atoms. The SMILES string of the molecule is COc1ccc(Nc2nnc(SCc3csc(-c4ccc(OC)cc4OC)n3)s2)cc1. The van der Waals surface area contributed by atoms with Crippen LogP contribution in [0.15, 0.2) is 52.2 Å². The van der Waals surface area contributed by atoms with E-state index in [1.165, 1.54) is 11.3 Å². The third kappa shape index (κ3) is 5.27. The van der Waals surface area contributed by atoms with Crippen LogP contribution in [0.2, 0.25) is 0 Å². The minimum Gasteiger partial charge on any atom is -0.497 e. The molecule has 4 rings (SSSR count). The fraction of sp³-hybridized carbons (Fsp3) is 0.190. The van der Waals surface area contributed by atoms with E-state index in [9.17, 15) is 0 Å². The highest BCUT2D eigenvalue weighted by Gasteiger charge is 2.13. The van der Waals surface area contributed by atoms with E-state index in [-0.39, 0.29) is 0 Å². The molecule has 2 aromatic heterocycles. The number of benzene rings is 2. The number of ether oxygens (including phenoxy) is 3. The fourth-order valence-electron chi connectivity index (χ4n) is 2.72. The van der Waals surface area contributed by atoms with Gasteiger partial charge in [-0.25, -0.2) is 4.98 Å². The first-order chi connectivity index (χ1) is 15.2. The Labute approximate surface area is 192 Å². The lowest BCUT2D eigenvalue weighted by Gasteiger charge is -2.08. The van der Waals surface area contributed by atoms with E-state index in [1.54, 1.807) is 44.4 Å². The Kier molecular flexibility index (Phi) is 6.90. The summed E-state index contributed by atoms with van der Waals surface area (Å²) in [6.45, 7) is 0. The van der Waals surface area contributed by atoms with Gasteiger partial charge in [0.25, 0.3) is 0 Å². The predicted octanol–water partition coefficient (Wildman–Crippen LogP) is 5.72. The van der Waals surface area contributed by atoms with Crippen molar-refractivity contribution in [2.75, 3.05) is 26.6 Å². The maximum Gasteiger partial charge on any atom is 0.210 e. The van der Waals surface area contributed by atoms with Crippen LogP contribution in [-0.4, -0.2) is 36.5 Å². The second kappa shape index (κ2) is 9.99. The molecular formula is C21H20N4O3S3. The highest BCUT2D eigenvalue weighted by molar-refractivity contribution is 8.00. The summed E-state index contributed by atoms with van der Waals surface area (Å²) in [6.07, 6.45) is 0. The first kappa shape index (κ1) is 21.4. The van der Waals surface area contributed by atoms with Gasteiger partial charge in [0.05, 0.1) is 32.6 Å². The molecule has 0 saturated carbocycles. The van der Waals surface area contributed by atoms with Crippen LogP contribution in [0.5, 0.6) is 17.2 Å². The summed E-state index contributed by atoms with van der Waals surface area (Å²) in [5.41, 5.74) is 2.88. The van der Waals surface area contributed by atoms with E-state index >= 15 is 0 Å². The number of aromatic nitrogens is 3. The number of thioether (sulfide) groups is 1. The number of thiazole rings is 1. The lowest BCUT2D eigenvalue weighted by Crippen LogP contribution is -1.90. The van der Waals surface area contributed by atoms with Gasteiger partial charge in [-0.2, -0.15) is 0 Å². The summed E-state index contributed by atoms with van der Waals surface area (Å²) in [5, 5.41) is 15.5. The van der Waals surface area contributed by atoms with Crippen molar-refractivity contribution >= 4 is 45.3 Å². The Morgan fingerprint density at radius 2 is 1.71 bits per heavy atom. The Morgan fingerprint density at radius 3 is 2.45 bits per heavy atom. The Hall–Kier alpha value is -2.82. The minimum absolute atomic E-state index is 0.714. The smallest absolute Gasteiger partial charge is 0.210 e. The van der Waals surface area contributed by atoms with Gasteiger partial charge in [-0.1, -0.05) is 23.1 Å². The van der Waals surface area contributed by atoms with Crippen molar-refractivity contribution in [3.8, 4) is 27.8 Å². The molecule has 0 spiro atoms. The standard InChI is InChI=1S/C21H20N4O3S3/c1-26-15-6-4-13(5-7-15)23-20-24-25-21(31-20)30-12-14-11-29-19(22-14)17-9-8-16(27-2)10-18(17)28-3/h4-11H,12H2,1-3H3,(H,23,24). The molecule has 10 heteroatoms. The van der Waals surface area contributed by atoms with E-state index in [0.29, 0.717) is 5.75 Å². The summed E-state index contributed by atoms with van der Waals surface area (Å²) >= 11 is 4.71. The highest BCUT2D eigenvalue weighted by atomic mass is 32.2. The molecule has 0 aliphatic carbocycles. The molecular weight excluding hydrogens is 452 g/mol. The third-order valence-electron chi connectivity index (χ3n) is 4.28. The van der Waals surface area contributed by atoms with Gasteiger partial charge < -0.3 is 19.5 Å². The lowest BCUT2D eigenvalue weighted by atomic mass is 10.2. The molecule has 0 unspecified atom stereocenters. The molecule has 0 aliphatic rings. The van der Waals surface area contributed by atoms with E-state index in [1.807, 2.05) is 42.5 Å². The summed E-state index contributed by atoms with van der Waals surface area (Å²) in [4.78, 5) is 4.76.